The van der Waals surface area contributed by atoms with Gasteiger partial charge in [0.25, 0.3) is 5.91 Å². The van der Waals surface area contributed by atoms with Crippen LogP contribution in [-0.2, 0) is 0 Å². The van der Waals surface area contributed by atoms with Gasteiger partial charge in [0.2, 0.25) is 0 Å². The average molecular weight is 273 g/mol. The van der Waals surface area contributed by atoms with Gasteiger partial charge in [0.05, 0.1) is 6.20 Å². The van der Waals surface area contributed by atoms with Crippen LogP contribution in [0, 0.1) is 6.92 Å². The Morgan fingerprint density at radius 2 is 2.35 bits per heavy atom. The minimum Gasteiger partial charge on any atom is -0.337 e. The van der Waals surface area contributed by atoms with E-state index in [2.05, 4.69) is 15.4 Å². The van der Waals surface area contributed by atoms with Crippen LogP contribution in [0.25, 0.3) is 5.65 Å². The predicted octanol–water partition coefficient (Wildman–Crippen LogP) is 0.862. The molecule has 1 aliphatic heterocycles. The highest BCUT2D eigenvalue weighted by Crippen LogP contribution is 2.16. The Hall–Kier alpha value is -1.95. The van der Waals surface area contributed by atoms with Gasteiger partial charge in [0.15, 0.2) is 5.65 Å². The lowest BCUT2D eigenvalue weighted by molar-refractivity contribution is 0.0700. The highest BCUT2D eigenvalue weighted by Gasteiger charge is 2.25. The minimum absolute atomic E-state index is 0.0260. The zero-order valence-electron chi connectivity index (χ0n) is 11.8. The van der Waals surface area contributed by atoms with Crippen molar-refractivity contribution in [3.63, 3.8) is 0 Å². The summed E-state index contributed by atoms with van der Waals surface area (Å²) in [4.78, 5) is 19.0. The summed E-state index contributed by atoms with van der Waals surface area (Å²) in [6.45, 7) is 3.47. The van der Waals surface area contributed by atoms with E-state index >= 15 is 0 Å². The predicted molar refractivity (Wildman–Crippen MR) is 75.7 cm³/mol. The summed E-state index contributed by atoms with van der Waals surface area (Å²) in [6, 6.07) is 2.26. The number of carbonyl (C=O) groups is 1. The van der Waals surface area contributed by atoms with Crippen LogP contribution in [0.15, 0.2) is 18.5 Å². The van der Waals surface area contributed by atoms with Crippen LogP contribution in [0.5, 0.6) is 0 Å². The first-order valence-corrected chi connectivity index (χ1v) is 6.96. The van der Waals surface area contributed by atoms with Gasteiger partial charge in [0.1, 0.15) is 5.56 Å². The molecular weight excluding hydrogens is 254 g/mol. The zero-order valence-corrected chi connectivity index (χ0v) is 11.8. The van der Waals surface area contributed by atoms with Crippen molar-refractivity contribution < 1.29 is 4.79 Å². The minimum atomic E-state index is 0.0260. The monoisotopic (exact) mass is 273 g/mol. The first-order valence-electron chi connectivity index (χ1n) is 6.96. The van der Waals surface area contributed by atoms with E-state index in [9.17, 15) is 4.79 Å². The average Bonchev–Trinajstić information content (AvgIpc) is 2.89. The molecule has 1 atom stereocenters. The fourth-order valence-corrected chi connectivity index (χ4v) is 2.68. The summed E-state index contributed by atoms with van der Waals surface area (Å²) < 4.78 is 1.65. The van der Waals surface area contributed by atoms with Gasteiger partial charge >= 0.3 is 0 Å². The van der Waals surface area contributed by atoms with E-state index in [-0.39, 0.29) is 5.91 Å². The molecular formula is C14H19N5O. The Morgan fingerprint density at radius 3 is 3.15 bits per heavy atom. The summed E-state index contributed by atoms with van der Waals surface area (Å²) in [7, 11) is 1.94. The standard InChI is InChI=1S/C14H19N5O/c1-10-5-7-19-13(17-10)12(8-16-19)14(20)18-6-3-4-11(9-18)15-2/h5,7-8,11,15H,3-4,6,9H2,1-2H3/t11-/m0/s1. The van der Waals surface area contributed by atoms with Crippen LogP contribution in [0.2, 0.25) is 0 Å². The number of likely N-dealkylation sites (tertiary alicyclic amines) is 1. The van der Waals surface area contributed by atoms with Gasteiger partial charge in [0, 0.05) is 31.0 Å². The second kappa shape index (κ2) is 5.20. The van der Waals surface area contributed by atoms with Crippen LogP contribution in [-0.4, -0.2) is 51.6 Å². The lowest BCUT2D eigenvalue weighted by Crippen LogP contribution is -2.46. The third-order valence-electron chi connectivity index (χ3n) is 3.86. The molecule has 1 amide bonds. The van der Waals surface area contributed by atoms with Crippen molar-refractivity contribution >= 4 is 11.6 Å². The number of rotatable bonds is 2. The maximum atomic E-state index is 12.7. The number of aromatic nitrogens is 3. The molecule has 0 unspecified atom stereocenters. The number of carbonyl (C=O) groups excluding carboxylic acids is 1. The molecule has 3 rings (SSSR count). The molecule has 0 aromatic carbocycles. The van der Waals surface area contributed by atoms with Crippen molar-refractivity contribution in [1.82, 2.24) is 24.8 Å². The van der Waals surface area contributed by atoms with Gasteiger partial charge in [-0.05, 0) is 32.9 Å². The van der Waals surface area contributed by atoms with Gasteiger partial charge in [-0.15, -0.1) is 0 Å². The van der Waals surface area contributed by atoms with Gasteiger partial charge in [-0.1, -0.05) is 0 Å². The topological polar surface area (TPSA) is 62.5 Å². The largest absolute Gasteiger partial charge is 0.337 e. The molecule has 0 aliphatic carbocycles. The van der Waals surface area contributed by atoms with Crippen LogP contribution in [0.1, 0.15) is 28.9 Å². The van der Waals surface area contributed by atoms with Crippen LogP contribution in [0.4, 0.5) is 0 Å². The Morgan fingerprint density at radius 1 is 1.50 bits per heavy atom. The van der Waals surface area contributed by atoms with E-state index in [1.165, 1.54) is 0 Å². The van der Waals surface area contributed by atoms with Crippen molar-refractivity contribution in [2.75, 3.05) is 20.1 Å². The number of fused-ring (bicyclic) bond motifs is 1. The maximum absolute atomic E-state index is 12.7. The fourth-order valence-electron chi connectivity index (χ4n) is 2.68. The van der Waals surface area contributed by atoms with E-state index in [4.69, 9.17) is 0 Å². The number of amides is 1. The van der Waals surface area contributed by atoms with Gasteiger partial charge < -0.3 is 10.2 Å². The Bertz CT molecular complexity index is 636. The third-order valence-corrected chi connectivity index (χ3v) is 3.86. The molecule has 106 valence electrons. The Balaban J connectivity index is 1.90. The fraction of sp³-hybridized carbons (Fsp3) is 0.500. The molecule has 0 saturated carbocycles. The molecule has 1 saturated heterocycles. The molecule has 0 bridgehead atoms. The first kappa shape index (κ1) is 13.1. The van der Waals surface area contributed by atoms with E-state index < -0.39 is 0 Å². The molecule has 2 aromatic rings. The number of hydrogen-bond acceptors (Lipinski definition) is 4. The molecule has 0 spiro atoms. The van der Waals surface area contributed by atoms with Gasteiger partial charge in [-0.3, -0.25) is 4.79 Å². The van der Waals surface area contributed by atoms with Crippen LogP contribution >= 0.6 is 0 Å². The second-order valence-corrected chi connectivity index (χ2v) is 5.27. The third kappa shape index (κ3) is 2.27. The lowest BCUT2D eigenvalue weighted by Gasteiger charge is -2.32. The smallest absolute Gasteiger partial charge is 0.259 e. The van der Waals surface area contributed by atoms with Gasteiger partial charge in [-0.2, -0.15) is 5.10 Å². The van der Waals surface area contributed by atoms with Crippen molar-refractivity contribution in [1.29, 1.82) is 0 Å². The second-order valence-electron chi connectivity index (χ2n) is 5.27. The molecule has 0 radical (unpaired) electrons. The Labute approximate surface area is 117 Å². The number of hydrogen-bond donors (Lipinski definition) is 1. The molecule has 1 aliphatic rings. The number of piperidine rings is 1. The van der Waals surface area contributed by atoms with Crippen molar-refractivity contribution in [2.24, 2.45) is 0 Å². The molecule has 2 aromatic heterocycles. The van der Waals surface area contributed by atoms with Crippen molar-refractivity contribution in [2.45, 2.75) is 25.8 Å². The number of nitrogens with one attached hydrogen (secondary N) is 1. The van der Waals surface area contributed by atoms with E-state index in [0.29, 0.717) is 17.3 Å². The molecule has 3 heterocycles. The summed E-state index contributed by atoms with van der Waals surface area (Å²) >= 11 is 0. The molecule has 1 N–H and O–H groups in total. The SMILES string of the molecule is CN[C@H]1CCCN(C(=O)c2cnn3ccc(C)nc23)C1. The van der Waals surface area contributed by atoms with E-state index in [0.717, 1.165) is 31.6 Å². The van der Waals surface area contributed by atoms with E-state index in [1.807, 2.05) is 31.1 Å². The molecule has 6 heteroatoms. The highest BCUT2D eigenvalue weighted by atomic mass is 16.2. The maximum Gasteiger partial charge on any atom is 0.259 e. The van der Waals surface area contributed by atoms with Crippen LogP contribution < -0.4 is 5.32 Å². The summed E-state index contributed by atoms with van der Waals surface area (Å²) in [5.41, 5.74) is 2.12. The zero-order chi connectivity index (χ0) is 14.1. The number of aryl methyl sites for hydroxylation is 1. The first-order chi connectivity index (χ1) is 9.69. The molecule has 1 fully saturated rings. The quantitative estimate of drug-likeness (QED) is 0.881. The summed E-state index contributed by atoms with van der Waals surface area (Å²) in [5, 5.41) is 7.46. The molecule has 6 nitrogen and oxygen atoms in total. The number of nitrogens with zero attached hydrogens (tertiary/aromatic N) is 4. The van der Waals surface area contributed by atoms with E-state index in [1.54, 1.807) is 10.7 Å². The summed E-state index contributed by atoms with van der Waals surface area (Å²) in [5.74, 6) is 0.0260. The Kier molecular flexibility index (Phi) is 3.40. The summed E-state index contributed by atoms with van der Waals surface area (Å²) in [6.07, 6.45) is 5.60. The van der Waals surface area contributed by atoms with Crippen LogP contribution in [0.3, 0.4) is 0 Å². The number of likely N-dealkylation sites (N-methyl/N-ethyl adjacent to an activating group) is 1. The van der Waals surface area contributed by atoms with Crippen molar-refractivity contribution in [3.8, 4) is 0 Å². The molecule has 20 heavy (non-hydrogen) atoms. The lowest BCUT2D eigenvalue weighted by atomic mass is 10.1. The normalized spacial score (nSPS) is 19.5. The van der Waals surface area contributed by atoms with Crippen molar-refractivity contribution in [3.05, 3.63) is 29.7 Å². The highest BCUT2D eigenvalue weighted by molar-refractivity contribution is 5.99. The van der Waals surface area contributed by atoms with Gasteiger partial charge in [-0.25, -0.2) is 9.50 Å².